The molecule has 32 heavy (non-hydrogen) atoms. The molecule has 0 atom stereocenters. The van der Waals surface area contributed by atoms with Crippen LogP contribution in [0.2, 0.25) is 0 Å². The number of hydrogen-bond acceptors (Lipinski definition) is 4. The summed E-state index contributed by atoms with van der Waals surface area (Å²) in [6.07, 6.45) is 6.76. The summed E-state index contributed by atoms with van der Waals surface area (Å²) in [7, 11) is 0. The first-order valence-electron chi connectivity index (χ1n) is 11.5. The Hall–Kier alpha value is -3.34. The molecule has 1 saturated heterocycles. The molecule has 3 aromatic rings. The zero-order chi connectivity index (χ0) is 22.3. The summed E-state index contributed by atoms with van der Waals surface area (Å²) in [6.45, 7) is 6.77. The third-order valence-electron chi connectivity index (χ3n) is 5.91. The third-order valence-corrected chi connectivity index (χ3v) is 5.91. The number of hydrogen-bond donors (Lipinski definition) is 1. The van der Waals surface area contributed by atoms with Crippen molar-refractivity contribution in [3.63, 3.8) is 0 Å². The lowest BCUT2D eigenvalue weighted by Crippen LogP contribution is -2.24. The van der Waals surface area contributed by atoms with Crippen molar-refractivity contribution < 1.29 is 9.53 Å². The topological polar surface area (TPSA) is 54.5 Å². The molecule has 1 aliphatic rings. The van der Waals surface area contributed by atoms with E-state index in [1.165, 1.54) is 25.7 Å². The molecule has 5 nitrogen and oxygen atoms in total. The van der Waals surface area contributed by atoms with Crippen LogP contribution < -0.4 is 15.0 Å². The Bertz CT molecular complexity index is 1040. The van der Waals surface area contributed by atoms with Crippen molar-refractivity contribution in [2.45, 2.75) is 39.5 Å². The molecule has 166 valence electrons. The highest BCUT2D eigenvalue weighted by atomic mass is 16.5. The van der Waals surface area contributed by atoms with Gasteiger partial charge in [-0.1, -0.05) is 31.0 Å². The third kappa shape index (κ3) is 5.28. The number of benzene rings is 2. The molecule has 1 aromatic heterocycles. The number of anilines is 2. The van der Waals surface area contributed by atoms with Gasteiger partial charge in [-0.2, -0.15) is 0 Å². The second-order valence-electron chi connectivity index (χ2n) is 8.25. The van der Waals surface area contributed by atoms with E-state index in [9.17, 15) is 4.79 Å². The molecular weight excluding hydrogens is 398 g/mol. The molecule has 0 spiro atoms. The Balaban J connectivity index is 1.47. The second-order valence-corrected chi connectivity index (χ2v) is 8.25. The summed E-state index contributed by atoms with van der Waals surface area (Å²) in [5, 5.41) is 2.98. The Morgan fingerprint density at radius 3 is 2.41 bits per heavy atom. The molecule has 1 amide bonds. The van der Waals surface area contributed by atoms with Crippen molar-refractivity contribution in [2.75, 3.05) is 29.9 Å². The number of aromatic nitrogens is 1. The number of amides is 1. The van der Waals surface area contributed by atoms with E-state index >= 15 is 0 Å². The van der Waals surface area contributed by atoms with Gasteiger partial charge >= 0.3 is 0 Å². The summed E-state index contributed by atoms with van der Waals surface area (Å²) < 4.78 is 5.54. The summed E-state index contributed by atoms with van der Waals surface area (Å²) in [5.41, 5.74) is 4.54. The average Bonchev–Trinajstić information content (AvgIpc) is 3.10. The van der Waals surface area contributed by atoms with Gasteiger partial charge in [-0.15, -0.1) is 0 Å². The first-order valence-corrected chi connectivity index (χ1v) is 11.5. The molecule has 1 aliphatic heterocycles. The molecule has 2 aromatic carbocycles. The number of pyridine rings is 1. The summed E-state index contributed by atoms with van der Waals surface area (Å²) >= 11 is 0. The fourth-order valence-electron chi connectivity index (χ4n) is 4.12. The Kier molecular flexibility index (Phi) is 7.05. The molecule has 0 saturated carbocycles. The van der Waals surface area contributed by atoms with Gasteiger partial charge < -0.3 is 15.0 Å². The van der Waals surface area contributed by atoms with E-state index in [2.05, 4.69) is 22.1 Å². The fraction of sp³-hybridized carbons (Fsp3) is 0.333. The summed E-state index contributed by atoms with van der Waals surface area (Å²) in [6, 6.07) is 17.7. The number of aryl methyl sites for hydroxylation is 1. The van der Waals surface area contributed by atoms with Crippen molar-refractivity contribution in [3.05, 3.63) is 71.9 Å². The van der Waals surface area contributed by atoms with Gasteiger partial charge in [0.15, 0.2) is 0 Å². The SMILES string of the molecule is CCOc1ccc(-c2cc(C(=O)Nc3ccc(N4CCCCCC4)nc3)ccc2C)cc1. The lowest BCUT2D eigenvalue weighted by atomic mass is 9.97. The van der Waals surface area contributed by atoms with Crippen LogP contribution in [0.15, 0.2) is 60.8 Å². The second kappa shape index (κ2) is 10.3. The van der Waals surface area contributed by atoms with Gasteiger partial charge in [-0.3, -0.25) is 4.79 Å². The highest BCUT2D eigenvalue weighted by Crippen LogP contribution is 2.27. The predicted octanol–water partition coefficient (Wildman–Crippen LogP) is 6.09. The van der Waals surface area contributed by atoms with Gasteiger partial charge in [0, 0.05) is 18.7 Å². The largest absolute Gasteiger partial charge is 0.494 e. The van der Waals surface area contributed by atoms with Crippen LogP contribution in [0.25, 0.3) is 11.1 Å². The number of carbonyl (C=O) groups is 1. The van der Waals surface area contributed by atoms with Crippen LogP contribution >= 0.6 is 0 Å². The Morgan fingerprint density at radius 2 is 1.75 bits per heavy atom. The van der Waals surface area contributed by atoms with Gasteiger partial charge in [-0.25, -0.2) is 4.98 Å². The first kappa shape index (κ1) is 21.9. The standard InChI is InChI=1S/C27H31N3O2/c1-3-32-24-13-10-21(11-14-24)25-18-22(9-8-20(25)2)27(31)29-23-12-15-26(28-19-23)30-16-6-4-5-7-17-30/h8-15,18-19H,3-7,16-17H2,1-2H3,(H,29,31). The van der Waals surface area contributed by atoms with E-state index in [1.54, 1.807) is 6.20 Å². The molecule has 0 bridgehead atoms. The smallest absolute Gasteiger partial charge is 0.255 e. The van der Waals surface area contributed by atoms with Crippen LogP contribution in [-0.2, 0) is 0 Å². The van der Waals surface area contributed by atoms with Crippen molar-refractivity contribution in [3.8, 4) is 16.9 Å². The Labute approximate surface area is 190 Å². The van der Waals surface area contributed by atoms with Crippen molar-refractivity contribution in [2.24, 2.45) is 0 Å². The van der Waals surface area contributed by atoms with Crippen LogP contribution in [0.5, 0.6) is 5.75 Å². The van der Waals surface area contributed by atoms with Gasteiger partial charge in [0.05, 0.1) is 18.5 Å². The van der Waals surface area contributed by atoms with Crippen molar-refractivity contribution >= 4 is 17.4 Å². The normalized spacial score (nSPS) is 14.0. The highest BCUT2D eigenvalue weighted by molar-refractivity contribution is 6.05. The maximum Gasteiger partial charge on any atom is 0.255 e. The van der Waals surface area contributed by atoms with Crippen molar-refractivity contribution in [1.82, 2.24) is 4.98 Å². The van der Waals surface area contributed by atoms with Gasteiger partial charge in [0.25, 0.3) is 5.91 Å². The molecule has 0 radical (unpaired) electrons. The number of nitrogens with one attached hydrogen (secondary N) is 1. The molecule has 0 aliphatic carbocycles. The van der Waals surface area contributed by atoms with E-state index in [0.29, 0.717) is 17.9 Å². The van der Waals surface area contributed by atoms with E-state index < -0.39 is 0 Å². The van der Waals surface area contributed by atoms with Gasteiger partial charge in [0.1, 0.15) is 11.6 Å². The van der Waals surface area contributed by atoms with Gasteiger partial charge in [0.2, 0.25) is 0 Å². The highest BCUT2D eigenvalue weighted by Gasteiger charge is 2.13. The number of nitrogens with zero attached hydrogens (tertiary/aromatic N) is 2. The van der Waals surface area contributed by atoms with Crippen molar-refractivity contribution in [1.29, 1.82) is 0 Å². The molecule has 2 heterocycles. The number of carbonyl (C=O) groups excluding carboxylic acids is 1. The maximum atomic E-state index is 12.9. The first-order chi connectivity index (χ1) is 15.6. The van der Waals surface area contributed by atoms with E-state index in [-0.39, 0.29) is 5.91 Å². The van der Waals surface area contributed by atoms with Crippen LogP contribution in [0.1, 0.15) is 48.5 Å². The molecule has 1 fully saturated rings. The zero-order valence-corrected chi connectivity index (χ0v) is 18.9. The number of ether oxygens (including phenoxy) is 1. The molecule has 4 rings (SSSR count). The number of rotatable bonds is 6. The predicted molar refractivity (Wildman–Crippen MR) is 131 cm³/mol. The molecule has 0 unspecified atom stereocenters. The lowest BCUT2D eigenvalue weighted by molar-refractivity contribution is 0.102. The Morgan fingerprint density at radius 1 is 1.00 bits per heavy atom. The zero-order valence-electron chi connectivity index (χ0n) is 18.9. The van der Waals surface area contributed by atoms with Crippen LogP contribution in [0.3, 0.4) is 0 Å². The van der Waals surface area contributed by atoms with Crippen LogP contribution in [0.4, 0.5) is 11.5 Å². The minimum atomic E-state index is -0.137. The van der Waals surface area contributed by atoms with E-state index in [4.69, 9.17) is 4.74 Å². The molecule has 5 heteroatoms. The van der Waals surface area contributed by atoms with Crippen LogP contribution in [-0.4, -0.2) is 30.6 Å². The molecular formula is C27H31N3O2. The van der Waals surface area contributed by atoms with Crippen LogP contribution in [0, 0.1) is 6.92 Å². The van der Waals surface area contributed by atoms with E-state index in [1.807, 2.05) is 61.5 Å². The monoisotopic (exact) mass is 429 g/mol. The quantitative estimate of drug-likeness (QED) is 0.515. The average molecular weight is 430 g/mol. The lowest BCUT2D eigenvalue weighted by Gasteiger charge is -2.21. The summed E-state index contributed by atoms with van der Waals surface area (Å²) in [4.78, 5) is 19.8. The van der Waals surface area contributed by atoms with Gasteiger partial charge in [-0.05, 0) is 79.8 Å². The summed E-state index contributed by atoms with van der Waals surface area (Å²) in [5.74, 6) is 1.69. The van der Waals surface area contributed by atoms with E-state index in [0.717, 1.165) is 41.3 Å². The maximum absolute atomic E-state index is 12.9. The molecule has 1 N–H and O–H groups in total. The minimum Gasteiger partial charge on any atom is -0.494 e. The fourth-order valence-corrected chi connectivity index (χ4v) is 4.12. The minimum absolute atomic E-state index is 0.137.